The van der Waals surface area contributed by atoms with Gasteiger partial charge in [-0.15, -0.1) is 11.6 Å². The van der Waals surface area contributed by atoms with Crippen molar-refractivity contribution in [2.45, 2.75) is 12.3 Å². The molecule has 106 valence electrons. The molecule has 5 nitrogen and oxygen atoms in total. The molecule has 1 aliphatic heterocycles. The van der Waals surface area contributed by atoms with Crippen LogP contribution in [0.1, 0.15) is 11.3 Å². The molecular formula is C12H10ClFN2O3S. The molecule has 0 saturated carbocycles. The van der Waals surface area contributed by atoms with E-state index in [1.54, 1.807) is 6.07 Å². The number of fused-ring (bicyclic) bond motifs is 1. The molecule has 0 saturated heterocycles. The Hall–Kier alpha value is -1.60. The molecule has 2 aromatic rings. The summed E-state index contributed by atoms with van der Waals surface area (Å²) in [5.41, 5.74) is 1.23. The lowest BCUT2D eigenvalue weighted by Crippen LogP contribution is -2.22. The number of benzene rings is 1. The first-order chi connectivity index (χ1) is 9.52. The second kappa shape index (κ2) is 4.75. The van der Waals surface area contributed by atoms with Gasteiger partial charge in [-0.25, -0.2) is 4.39 Å². The number of alkyl halides is 1. The molecule has 0 bridgehead atoms. The number of nitrogens with zero attached hydrogens (tertiary/aromatic N) is 2. The van der Waals surface area contributed by atoms with Crippen LogP contribution in [0.15, 0.2) is 24.3 Å². The number of hydrogen-bond donors (Lipinski definition) is 0. The molecule has 0 N–H and O–H groups in total. The van der Waals surface area contributed by atoms with Crippen LogP contribution in [-0.2, 0) is 22.4 Å². The maximum absolute atomic E-state index is 13.9. The first-order valence-electron chi connectivity index (χ1n) is 5.85. The minimum Gasteiger partial charge on any atom is -0.361 e. The van der Waals surface area contributed by atoms with E-state index in [0.29, 0.717) is 11.3 Å². The minimum atomic E-state index is -3.66. The highest BCUT2D eigenvalue weighted by atomic mass is 35.5. The molecule has 0 spiro atoms. The van der Waals surface area contributed by atoms with Crippen LogP contribution in [0.25, 0.3) is 5.69 Å². The highest BCUT2D eigenvalue weighted by molar-refractivity contribution is 7.87. The lowest BCUT2D eigenvalue weighted by Gasteiger charge is -2.15. The van der Waals surface area contributed by atoms with E-state index in [4.69, 9.17) is 15.8 Å². The average Bonchev–Trinajstić information content (AvgIpc) is 2.75. The van der Waals surface area contributed by atoms with Gasteiger partial charge in [0, 0.05) is 5.56 Å². The van der Waals surface area contributed by atoms with Crippen molar-refractivity contribution >= 4 is 21.7 Å². The third kappa shape index (κ3) is 2.16. The number of aromatic nitrogens is 2. The lowest BCUT2D eigenvalue weighted by atomic mass is 10.2. The van der Waals surface area contributed by atoms with Crippen LogP contribution in [0.3, 0.4) is 0 Å². The normalized spacial score (nSPS) is 16.5. The Morgan fingerprint density at radius 1 is 1.40 bits per heavy atom. The minimum absolute atomic E-state index is 0.0250. The van der Waals surface area contributed by atoms with E-state index in [2.05, 4.69) is 5.10 Å². The number of rotatable bonds is 2. The van der Waals surface area contributed by atoms with Gasteiger partial charge in [-0.2, -0.15) is 18.2 Å². The quantitative estimate of drug-likeness (QED) is 0.628. The SMILES string of the molecule is O=S1(=O)CCc2c(CCl)nn(-c3ccccc3F)c2O1. The van der Waals surface area contributed by atoms with Crippen LogP contribution in [0.2, 0.25) is 0 Å². The van der Waals surface area contributed by atoms with Crippen LogP contribution in [-0.4, -0.2) is 24.0 Å². The molecule has 0 amide bonds. The largest absolute Gasteiger partial charge is 0.361 e. The number of halogens is 2. The van der Waals surface area contributed by atoms with Crippen molar-refractivity contribution in [1.29, 1.82) is 0 Å². The predicted octanol–water partition coefficient (Wildman–Crippen LogP) is 2.01. The van der Waals surface area contributed by atoms with Gasteiger partial charge in [0.05, 0.1) is 17.3 Å². The summed E-state index contributed by atoms with van der Waals surface area (Å²) in [6.45, 7) is 0. The van der Waals surface area contributed by atoms with Crippen molar-refractivity contribution in [3.8, 4) is 11.6 Å². The van der Waals surface area contributed by atoms with Gasteiger partial charge in [0.2, 0.25) is 5.88 Å². The summed E-state index contributed by atoms with van der Waals surface area (Å²) in [6, 6.07) is 5.92. The summed E-state index contributed by atoms with van der Waals surface area (Å²) in [6.07, 6.45) is 0.258. The van der Waals surface area contributed by atoms with Crippen molar-refractivity contribution in [1.82, 2.24) is 9.78 Å². The summed E-state index contributed by atoms with van der Waals surface area (Å²) in [5, 5.41) is 4.16. The molecule has 0 radical (unpaired) electrons. The van der Waals surface area contributed by atoms with Crippen LogP contribution in [0.4, 0.5) is 4.39 Å². The monoisotopic (exact) mass is 316 g/mol. The van der Waals surface area contributed by atoms with E-state index in [0.717, 1.165) is 4.68 Å². The topological polar surface area (TPSA) is 61.2 Å². The van der Waals surface area contributed by atoms with Gasteiger partial charge in [0.1, 0.15) is 11.5 Å². The fourth-order valence-corrected chi connectivity index (χ4v) is 3.26. The Kier molecular flexibility index (Phi) is 3.18. The van der Waals surface area contributed by atoms with Gasteiger partial charge in [-0.05, 0) is 18.6 Å². The van der Waals surface area contributed by atoms with E-state index in [1.807, 2.05) is 0 Å². The Morgan fingerprint density at radius 2 is 2.15 bits per heavy atom. The van der Waals surface area contributed by atoms with E-state index in [9.17, 15) is 12.8 Å². The summed E-state index contributed by atoms with van der Waals surface area (Å²) >= 11 is 5.80. The first kappa shape index (κ1) is 13.4. The zero-order chi connectivity index (χ0) is 14.3. The van der Waals surface area contributed by atoms with Crippen LogP contribution >= 0.6 is 11.6 Å². The maximum atomic E-state index is 13.9. The van der Waals surface area contributed by atoms with E-state index < -0.39 is 15.9 Å². The summed E-state index contributed by atoms with van der Waals surface area (Å²) in [7, 11) is -3.66. The Labute approximate surface area is 120 Å². The van der Waals surface area contributed by atoms with Gasteiger partial charge < -0.3 is 4.18 Å². The second-order valence-corrected chi connectivity index (χ2v) is 6.28. The van der Waals surface area contributed by atoms with E-state index in [-0.39, 0.29) is 29.6 Å². The van der Waals surface area contributed by atoms with Gasteiger partial charge >= 0.3 is 10.1 Å². The highest BCUT2D eigenvalue weighted by Crippen LogP contribution is 2.33. The number of hydrogen-bond acceptors (Lipinski definition) is 4. The molecule has 1 aromatic heterocycles. The fraction of sp³-hybridized carbons (Fsp3) is 0.250. The van der Waals surface area contributed by atoms with Gasteiger partial charge in [-0.1, -0.05) is 12.1 Å². The van der Waals surface area contributed by atoms with Crippen LogP contribution in [0.5, 0.6) is 5.88 Å². The standard InChI is InChI=1S/C12H10ClFN2O3S/c13-7-10-8-5-6-20(17,18)19-12(8)16(15-10)11-4-2-1-3-9(11)14/h1-4H,5-7H2. The molecule has 1 aliphatic rings. The zero-order valence-electron chi connectivity index (χ0n) is 10.2. The predicted molar refractivity (Wildman–Crippen MR) is 71.2 cm³/mol. The summed E-state index contributed by atoms with van der Waals surface area (Å²) in [5.74, 6) is -0.525. The van der Waals surface area contributed by atoms with Crippen molar-refractivity contribution in [2.24, 2.45) is 0 Å². The molecular weight excluding hydrogens is 307 g/mol. The average molecular weight is 317 g/mol. The van der Waals surface area contributed by atoms with Crippen molar-refractivity contribution < 1.29 is 17.0 Å². The maximum Gasteiger partial charge on any atom is 0.311 e. The first-order valence-corrected chi connectivity index (χ1v) is 7.97. The third-order valence-electron chi connectivity index (χ3n) is 3.03. The molecule has 0 atom stereocenters. The van der Waals surface area contributed by atoms with E-state index in [1.165, 1.54) is 18.2 Å². The molecule has 0 fully saturated rings. The molecule has 1 aromatic carbocycles. The van der Waals surface area contributed by atoms with Crippen molar-refractivity contribution in [3.63, 3.8) is 0 Å². The van der Waals surface area contributed by atoms with E-state index >= 15 is 0 Å². The van der Waals surface area contributed by atoms with Crippen LogP contribution < -0.4 is 4.18 Å². The second-order valence-electron chi connectivity index (χ2n) is 4.32. The molecule has 0 aliphatic carbocycles. The molecule has 20 heavy (non-hydrogen) atoms. The third-order valence-corrected chi connectivity index (χ3v) is 4.40. The van der Waals surface area contributed by atoms with Gasteiger partial charge in [-0.3, -0.25) is 0 Å². The molecule has 2 heterocycles. The zero-order valence-corrected chi connectivity index (χ0v) is 11.8. The Morgan fingerprint density at radius 3 is 2.85 bits per heavy atom. The highest BCUT2D eigenvalue weighted by Gasteiger charge is 2.31. The Balaban J connectivity index is 2.23. The lowest BCUT2D eigenvalue weighted by molar-refractivity contribution is 0.450. The summed E-state index contributed by atoms with van der Waals surface area (Å²) in [4.78, 5) is 0. The van der Waals surface area contributed by atoms with Crippen molar-refractivity contribution in [2.75, 3.05) is 5.75 Å². The van der Waals surface area contributed by atoms with Crippen molar-refractivity contribution in [3.05, 3.63) is 41.3 Å². The smallest absolute Gasteiger partial charge is 0.311 e. The fourth-order valence-electron chi connectivity index (χ4n) is 2.10. The van der Waals surface area contributed by atoms with Gasteiger partial charge in [0.25, 0.3) is 0 Å². The molecule has 0 unspecified atom stereocenters. The van der Waals surface area contributed by atoms with Crippen LogP contribution in [0, 0.1) is 5.82 Å². The van der Waals surface area contributed by atoms with Gasteiger partial charge in [0.15, 0.2) is 0 Å². The number of para-hydroxylation sites is 1. The molecule has 8 heteroatoms. The summed E-state index contributed by atoms with van der Waals surface area (Å²) < 4.78 is 43.2. The molecule has 3 rings (SSSR count). The Bertz CT molecular complexity index is 773.